The minimum Gasteiger partial charge on any atom is -0.326 e. The van der Waals surface area contributed by atoms with E-state index in [4.69, 9.17) is 0 Å². The third-order valence-corrected chi connectivity index (χ3v) is 5.05. The fraction of sp³-hybridized carbons (Fsp3) is 0.278. The maximum Gasteiger partial charge on any atom is 0.224 e. The van der Waals surface area contributed by atoms with Gasteiger partial charge in [0.25, 0.3) is 0 Å². The van der Waals surface area contributed by atoms with Gasteiger partial charge in [0.05, 0.1) is 4.83 Å². The lowest BCUT2D eigenvalue weighted by Crippen LogP contribution is -2.19. The van der Waals surface area contributed by atoms with Gasteiger partial charge >= 0.3 is 0 Å². The Labute approximate surface area is 133 Å². The number of rotatable bonds is 3. The number of hydrogen-bond acceptors (Lipinski definition) is 1. The van der Waals surface area contributed by atoms with Crippen molar-refractivity contribution in [1.82, 2.24) is 0 Å². The molecular weight excluding hydrogens is 326 g/mol. The number of alkyl halides is 1. The Balaban J connectivity index is 1.95. The van der Waals surface area contributed by atoms with E-state index in [1.165, 1.54) is 22.3 Å². The molecule has 2 nitrogen and oxygen atoms in total. The summed E-state index contributed by atoms with van der Waals surface area (Å²) in [6.45, 7) is 2.18. The summed E-state index contributed by atoms with van der Waals surface area (Å²) in [4.78, 5) is 11.6. The molecule has 1 heterocycles. The van der Waals surface area contributed by atoms with E-state index >= 15 is 0 Å². The largest absolute Gasteiger partial charge is 0.326 e. The summed E-state index contributed by atoms with van der Waals surface area (Å²) < 4.78 is 0. The van der Waals surface area contributed by atoms with Gasteiger partial charge in [0.1, 0.15) is 0 Å². The van der Waals surface area contributed by atoms with Crippen molar-refractivity contribution in [2.24, 2.45) is 0 Å². The van der Waals surface area contributed by atoms with Crippen LogP contribution in [0.5, 0.6) is 0 Å². The van der Waals surface area contributed by atoms with Crippen molar-refractivity contribution in [1.29, 1.82) is 0 Å². The first kappa shape index (κ1) is 14.3. The molecule has 1 N–H and O–H groups in total. The number of hydrogen-bond donors (Lipinski definition) is 1. The van der Waals surface area contributed by atoms with E-state index < -0.39 is 0 Å². The van der Waals surface area contributed by atoms with Gasteiger partial charge in [-0.1, -0.05) is 59.3 Å². The monoisotopic (exact) mass is 343 g/mol. The predicted octanol–water partition coefficient (Wildman–Crippen LogP) is 4.62. The van der Waals surface area contributed by atoms with Crippen LogP contribution in [-0.2, 0) is 17.6 Å². The molecule has 1 atom stereocenters. The molecule has 3 rings (SSSR count). The minimum absolute atomic E-state index is 0.113. The van der Waals surface area contributed by atoms with Crippen molar-refractivity contribution >= 4 is 27.5 Å². The summed E-state index contributed by atoms with van der Waals surface area (Å²) in [6, 6.07) is 14.9. The average Bonchev–Trinajstić information content (AvgIpc) is 2.53. The third kappa shape index (κ3) is 2.88. The first-order valence-corrected chi connectivity index (χ1v) is 8.25. The molecule has 108 valence electrons. The highest BCUT2D eigenvalue weighted by Gasteiger charge is 2.18. The number of carbonyl (C=O) groups excluding carboxylic acids is 1. The molecular formula is C18H18BrNO. The standard InChI is InChI=1S/C18H18BrNO/c1-2-12-5-3-4-6-15(12)18(19)14-7-9-16-13(11-14)8-10-17(21)20-16/h3-7,9,11,18H,2,8,10H2,1H3,(H,20,21). The second-order valence-electron chi connectivity index (χ2n) is 5.38. The van der Waals surface area contributed by atoms with Crippen LogP contribution < -0.4 is 5.32 Å². The van der Waals surface area contributed by atoms with E-state index in [0.29, 0.717) is 6.42 Å². The van der Waals surface area contributed by atoms with Crippen molar-refractivity contribution in [3.63, 3.8) is 0 Å². The Morgan fingerprint density at radius 3 is 2.81 bits per heavy atom. The van der Waals surface area contributed by atoms with Gasteiger partial charge < -0.3 is 5.32 Å². The van der Waals surface area contributed by atoms with Gasteiger partial charge in [0.15, 0.2) is 0 Å². The highest BCUT2D eigenvalue weighted by molar-refractivity contribution is 9.09. The fourth-order valence-corrected chi connectivity index (χ4v) is 3.58. The quantitative estimate of drug-likeness (QED) is 0.809. The zero-order valence-electron chi connectivity index (χ0n) is 12.0. The lowest BCUT2D eigenvalue weighted by Gasteiger charge is -2.20. The SMILES string of the molecule is CCc1ccccc1C(Br)c1ccc2c(c1)CCC(=O)N2. The topological polar surface area (TPSA) is 29.1 Å². The van der Waals surface area contributed by atoms with Crippen LogP contribution in [0, 0.1) is 0 Å². The average molecular weight is 344 g/mol. The molecule has 1 unspecified atom stereocenters. The van der Waals surface area contributed by atoms with Gasteiger partial charge in [0.2, 0.25) is 5.91 Å². The zero-order chi connectivity index (χ0) is 14.8. The lowest BCUT2D eigenvalue weighted by atomic mass is 9.94. The van der Waals surface area contributed by atoms with Crippen molar-refractivity contribution in [2.75, 3.05) is 5.32 Å². The van der Waals surface area contributed by atoms with Gasteiger partial charge in [-0.25, -0.2) is 0 Å². The second kappa shape index (κ2) is 6.02. The van der Waals surface area contributed by atoms with Crippen LogP contribution in [0.1, 0.15) is 40.4 Å². The number of carbonyl (C=O) groups is 1. The Morgan fingerprint density at radius 2 is 2.00 bits per heavy atom. The third-order valence-electron chi connectivity index (χ3n) is 4.03. The normalized spacial score (nSPS) is 15.2. The molecule has 3 heteroatoms. The predicted molar refractivity (Wildman–Crippen MR) is 90.0 cm³/mol. The molecule has 0 bridgehead atoms. The first-order valence-electron chi connectivity index (χ1n) is 7.33. The molecule has 1 aliphatic heterocycles. The molecule has 0 radical (unpaired) electrons. The highest BCUT2D eigenvalue weighted by Crippen LogP contribution is 2.35. The van der Waals surface area contributed by atoms with E-state index in [1.807, 2.05) is 6.07 Å². The van der Waals surface area contributed by atoms with E-state index in [2.05, 4.69) is 64.6 Å². The van der Waals surface area contributed by atoms with Gasteiger partial charge in [-0.2, -0.15) is 0 Å². The summed E-state index contributed by atoms with van der Waals surface area (Å²) >= 11 is 3.84. The summed E-state index contributed by atoms with van der Waals surface area (Å²) in [6.07, 6.45) is 2.43. The number of nitrogens with one attached hydrogen (secondary N) is 1. The summed E-state index contributed by atoms with van der Waals surface area (Å²) in [5.41, 5.74) is 6.11. The molecule has 0 saturated carbocycles. The Hall–Kier alpha value is -1.61. The molecule has 0 aromatic heterocycles. The minimum atomic E-state index is 0.113. The second-order valence-corrected chi connectivity index (χ2v) is 6.30. The van der Waals surface area contributed by atoms with Crippen LogP contribution in [0.3, 0.4) is 0 Å². The van der Waals surface area contributed by atoms with Gasteiger partial charge in [0, 0.05) is 12.1 Å². The lowest BCUT2D eigenvalue weighted by molar-refractivity contribution is -0.116. The Morgan fingerprint density at radius 1 is 1.19 bits per heavy atom. The number of fused-ring (bicyclic) bond motifs is 1. The van der Waals surface area contributed by atoms with Crippen LogP contribution in [0.2, 0.25) is 0 Å². The molecule has 0 spiro atoms. The highest BCUT2D eigenvalue weighted by atomic mass is 79.9. The van der Waals surface area contributed by atoms with Crippen LogP contribution in [0.4, 0.5) is 5.69 Å². The molecule has 2 aromatic carbocycles. The molecule has 1 amide bonds. The van der Waals surface area contributed by atoms with Crippen LogP contribution in [-0.4, -0.2) is 5.91 Å². The van der Waals surface area contributed by atoms with Crippen molar-refractivity contribution in [3.8, 4) is 0 Å². The van der Waals surface area contributed by atoms with Crippen molar-refractivity contribution in [3.05, 3.63) is 64.7 Å². The van der Waals surface area contributed by atoms with E-state index in [-0.39, 0.29) is 10.7 Å². The van der Waals surface area contributed by atoms with Crippen molar-refractivity contribution in [2.45, 2.75) is 31.0 Å². The van der Waals surface area contributed by atoms with Gasteiger partial charge in [-0.3, -0.25) is 4.79 Å². The Bertz CT molecular complexity index is 681. The molecule has 1 aliphatic rings. The zero-order valence-corrected chi connectivity index (χ0v) is 13.6. The van der Waals surface area contributed by atoms with Gasteiger partial charge in [-0.05, 0) is 41.2 Å². The van der Waals surface area contributed by atoms with Crippen LogP contribution in [0.25, 0.3) is 0 Å². The molecule has 0 fully saturated rings. The van der Waals surface area contributed by atoms with Gasteiger partial charge in [-0.15, -0.1) is 0 Å². The number of amides is 1. The molecule has 0 aliphatic carbocycles. The van der Waals surface area contributed by atoms with Crippen LogP contribution in [0.15, 0.2) is 42.5 Å². The number of anilines is 1. The molecule has 21 heavy (non-hydrogen) atoms. The fourth-order valence-electron chi connectivity index (χ4n) is 2.84. The van der Waals surface area contributed by atoms with Crippen molar-refractivity contribution < 1.29 is 4.79 Å². The van der Waals surface area contributed by atoms with E-state index in [0.717, 1.165) is 18.5 Å². The molecule has 2 aromatic rings. The number of aryl methyl sites for hydroxylation is 2. The summed E-state index contributed by atoms with van der Waals surface area (Å²) in [5, 5.41) is 2.93. The van der Waals surface area contributed by atoms with E-state index in [9.17, 15) is 4.79 Å². The van der Waals surface area contributed by atoms with Crippen LogP contribution >= 0.6 is 15.9 Å². The Kier molecular flexibility index (Phi) is 4.11. The first-order chi connectivity index (χ1) is 10.2. The summed E-state index contributed by atoms with van der Waals surface area (Å²) in [7, 11) is 0. The maximum absolute atomic E-state index is 11.4. The number of benzene rings is 2. The maximum atomic E-state index is 11.4. The molecule has 0 saturated heterocycles. The summed E-state index contributed by atoms with van der Waals surface area (Å²) in [5.74, 6) is 0.113. The smallest absolute Gasteiger partial charge is 0.224 e. The van der Waals surface area contributed by atoms with E-state index in [1.54, 1.807) is 0 Å². The number of halogens is 1.